The second-order valence-corrected chi connectivity index (χ2v) is 5.40. The van der Waals surface area contributed by atoms with Crippen molar-refractivity contribution in [2.24, 2.45) is 5.41 Å². The molecule has 4 nitrogen and oxygen atoms in total. The summed E-state index contributed by atoms with van der Waals surface area (Å²) in [6, 6.07) is 0. The molecule has 0 spiro atoms. The van der Waals surface area contributed by atoms with Crippen LogP contribution in [0.4, 0.5) is 0 Å². The molecule has 0 bridgehead atoms. The highest BCUT2D eigenvalue weighted by Crippen LogP contribution is 2.33. The van der Waals surface area contributed by atoms with Crippen LogP contribution in [0.2, 0.25) is 0 Å². The maximum Gasteiger partial charge on any atom is 0.150 e. The summed E-state index contributed by atoms with van der Waals surface area (Å²) < 4.78 is 7.57. The molecule has 2 rings (SSSR count). The molecule has 0 amide bonds. The molecule has 0 aliphatic carbocycles. The second kappa shape index (κ2) is 6.06. The molecule has 1 aliphatic heterocycles. The first-order valence-electron chi connectivity index (χ1n) is 6.84. The summed E-state index contributed by atoms with van der Waals surface area (Å²) in [7, 11) is 0. The fourth-order valence-corrected chi connectivity index (χ4v) is 2.87. The van der Waals surface area contributed by atoms with Gasteiger partial charge in [0.25, 0.3) is 0 Å². The standard InChI is InChI=1S/C13H23N3OS/c1-3-11-14-12(4-2)16(15-11)9-13(10-18)5-7-17-8-6-13/h18H,3-10H2,1-2H3. The number of rotatable bonds is 5. The number of hydrogen-bond acceptors (Lipinski definition) is 4. The maximum absolute atomic E-state index is 5.47. The average molecular weight is 269 g/mol. The molecule has 0 radical (unpaired) electrons. The molecular formula is C13H23N3OS. The van der Waals surface area contributed by atoms with Crippen LogP contribution >= 0.6 is 12.6 Å². The van der Waals surface area contributed by atoms with Crippen LogP contribution in [0.1, 0.15) is 38.3 Å². The zero-order chi connectivity index (χ0) is 13.0. The molecule has 2 heterocycles. The Bertz CT molecular complexity index is 386. The zero-order valence-electron chi connectivity index (χ0n) is 11.4. The predicted octanol–water partition coefficient (Wildman–Crippen LogP) is 2.13. The second-order valence-electron chi connectivity index (χ2n) is 5.08. The summed E-state index contributed by atoms with van der Waals surface area (Å²) >= 11 is 4.56. The largest absolute Gasteiger partial charge is 0.381 e. The summed E-state index contributed by atoms with van der Waals surface area (Å²) in [5, 5.41) is 4.62. The summed E-state index contributed by atoms with van der Waals surface area (Å²) in [6.07, 6.45) is 3.98. The highest BCUT2D eigenvalue weighted by Gasteiger charge is 2.32. The van der Waals surface area contributed by atoms with E-state index in [1.807, 2.05) is 0 Å². The molecule has 1 saturated heterocycles. The fourth-order valence-electron chi connectivity index (χ4n) is 2.45. The van der Waals surface area contributed by atoms with E-state index in [4.69, 9.17) is 4.74 Å². The van der Waals surface area contributed by atoms with Gasteiger partial charge in [0.1, 0.15) is 5.82 Å². The average Bonchev–Trinajstić information content (AvgIpc) is 2.82. The van der Waals surface area contributed by atoms with Gasteiger partial charge in [-0.3, -0.25) is 0 Å². The first-order chi connectivity index (χ1) is 8.73. The van der Waals surface area contributed by atoms with Gasteiger partial charge in [-0.25, -0.2) is 9.67 Å². The van der Waals surface area contributed by atoms with E-state index in [-0.39, 0.29) is 5.41 Å². The number of thiol groups is 1. The molecule has 1 aromatic heterocycles. The van der Waals surface area contributed by atoms with Gasteiger partial charge in [0.2, 0.25) is 0 Å². The Balaban J connectivity index is 2.17. The Hall–Kier alpha value is -0.550. The van der Waals surface area contributed by atoms with Gasteiger partial charge in [0.15, 0.2) is 5.82 Å². The Morgan fingerprint density at radius 3 is 2.56 bits per heavy atom. The van der Waals surface area contributed by atoms with Crippen LogP contribution < -0.4 is 0 Å². The van der Waals surface area contributed by atoms with E-state index < -0.39 is 0 Å². The van der Waals surface area contributed by atoms with Crippen molar-refractivity contribution in [1.29, 1.82) is 0 Å². The minimum atomic E-state index is 0.226. The van der Waals surface area contributed by atoms with E-state index in [1.165, 1.54) is 0 Å². The molecule has 0 unspecified atom stereocenters. The molecular weight excluding hydrogens is 246 g/mol. The SMILES string of the molecule is CCc1nc(CC)n(CC2(CS)CCOCC2)n1. The van der Waals surface area contributed by atoms with E-state index in [1.54, 1.807) is 0 Å². The third-order valence-corrected chi connectivity index (χ3v) is 4.47. The Kier molecular flexibility index (Phi) is 4.67. The number of aromatic nitrogens is 3. The molecule has 0 aromatic carbocycles. The van der Waals surface area contributed by atoms with Gasteiger partial charge in [0.05, 0.1) is 0 Å². The van der Waals surface area contributed by atoms with Crippen LogP contribution in [0.3, 0.4) is 0 Å². The topological polar surface area (TPSA) is 39.9 Å². The van der Waals surface area contributed by atoms with Crippen LogP contribution in [0.25, 0.3) is 0 Å². The highest BCUT2D eigenvalue weighted by molar-refractivity contribution is 7.80. The molecule has 0 atom stereocenters. The van der Waals surface area contributed by atoms with Gasteiger partial charge in [-0.1, -0.05) is 13.8 Å². The number of hydrogen-bond donors (Lipinski definition) is 1. The number of ether oxygens (including phenoxy) is 1. The summed E-state index contributed by atoms with van der Waals surface area (Å²) in [5.41, 5.74) is 0.226. The molecule has 102 valence electrons. The van der Waals surface area contributed by atoms with E-state index in [0.717, 1.165) is 62.8 Å². The maximum atomic E-state index is 5.47. The van der Waals surface area contributed by atoms with Crippen molar-refractivity contribution in [2.75, 3.05) is 19.0 Å². The summed E-state index contributed by atoms with van der Waals surface area (Å²) in [4.78, 5) is 4.57. The summed E-state index contributed by atoms with van der Waals surface area (Å²) in [5.74, 6) is 2.94. The number of aryl methyl sites for hydroxylation is 2. The first kappa shape index (κ1) is 13.9. The lowest BCUT2D eigenvalue weighted by Crippen LogP contribution is -2.36. The van der Waals surface area contributed by atoms with E-state index in [0.29, 0.717) is 0 Å². The lowest BCUT2D eigenvalue weighted by atomic mass is 9.82. The van der Waals surface area contributed by atoms with Crippen molar-refractivity contribution in [3.63, 3.8) is 0 Å². The molecule has 1 fully saturated rings. The monoisotopic (exact) mass is 269 g/mol. The van der Waals surface area contributed by atoms with Crippen molar-refractivity contribution < 1.29 is 4.74 Å². The van der Waals surface area contributed by atoms with Crippen LogP contribution in [0.5, 0.6) is 0 Å². The molecule has 5 heteroatoms. The van der Waals surface area contributed by atoms with Gasteiger partial charge in [-0.15, -0.1) is 0 Å². The Labute approximate surface area is 115 Å². The van der Waals surface area contributed by atoms with Crippen LogP contribution in [0, 0.1) is 5.41 Å². The van der Waals surface area contributed by atoms with Crippen molar-refractivity contribution in [3.05, 3.63) is 11.6 Å². The molecule has 1 aliphatic rings. The lowest BCUT2D eigenvalue weighted by molar-refractivity contribution is 0.0160. The van der Waals surface area contributed by atoms with Crippen LogP contribution in [-0.4, -0.2) is 33.7 Å². The Morgan fingerprint density at radius 1 is 1.28 bits per heavy atom. The van der Waals surface area contributed by atoms with Crippen molar-refractivity contribution in [1.82, 2.24) is 14.8 Å². The third-order valence-electron chi connectivity index (χ3n) is 3.80. The molecule has 0 saturated carbocycles. The van der Waals surface area contributed by atoms with Gasteiger partial charge in [0, 0.05) is 38.0 Å². The summed E-state index contributed by atoms with van der Waals surface area (Å²) in [6.45, 7) is 6.85. The van der Waals surface area contributed by atoms with Gasteiger partial charge >= 0.3 is 0 Å². The van der Waals surface area contributed by atoms with E-state index >= 15 is 0 Å². The number of nitrogens with zero attached hydrogens (tertiary/aromatic N) is 3. The predicted molar refractivity (Wildman–Crippen MR) is 75.1 cm³/mol. The minimum absolute atomic E-state index is 0.226. The zero-order valence-corrected chi connectivity index (χ0v) is 12.2. The molecule has 18 heavy (non-hydrogen) atoms. The first-order valence-corrected chi connectivity index (χ1v) is 7.47. The normalized spacial score (nSPS) is 19.1. The smallest absolute Gasteiger partial charge is 0.150 e. The van der Waals surface area contributed by atoms with Crippen molar-refractivity contribution >= 4 is 12.6 Å². The van der Waals surface area contributed by atoms with Gasteiger partial charge in [-0.2, -0.15) is 17.7 Å². The quantitative estimate of drug-likeness (QED) is 0.832. The van der Waals surface area contributed by atoms with Gasteiger partial charge in [-0.05, 0) is 18.6 Å². The highest BCUT2D eigenvalue weighted by atomic mass is 32.1. The lowest BCUT2D eigenvalue weighted by Gasteiger charge is -2.35. The van der Waals surface area contributed by atoms with Crippen LogP contribution in [-0.2, 0) is 24.1 Å². The third kappa shape index (κ3) is 2.88. The minimum Gasteiger partial charge on any atom is -0.381 e. The molecule has 0 N–H and O–H groups in total. The van der Waals surface area contributed by atoms with E-state index in [9.17, 15) is 0 Å². The van der Waals surface area contributed by atoms with Crippen LogP contribution in [0.15, 0.2) is 0 Å². The Morgan fingerprint density at radius 2 is 2.00 bits per heavy atom. The fraction of sp³-hybridized carbons (Fsp3) is 0.846. The van der Waals surface area contributed by atoms with Crippen molar-refractivity contribution in [2.45, 2.75) is 46.1 Å². The van der Waals surface area contributed by atoms with Gasteiger partial charge < -0.3 is 4.74 Å². The van der Waals surface area contributed by atoms with Crippen molar-refractivity contribution in [3.8, 4) is 0 Å². The molecule has 1 aromatic rings. The van der Waals surface area contributed by atoms with E-state index in [2.05, 4.69) is 41.2 Å².